The van der Waals surface area contributed by atoms with E-state index in [2.05, 4.69) is 29.1 Å². The summed E-state index contributed by atoms with van der Waals surface area (Å²) in [5, 5.41) is 26.5. The van der Waals surface area contributed by atoms with Gasteiger partial charge in [-0.1, -0.05) is 29.8 Å². The molecule has 1 saturated heterocycles. The van der Waals surface area contributed by atoms with E-state index in [0.29, 0.717) is 29.3 Å². The summed E-state index contributed by atoms with van der Waals surface area (Å²) in [4.78, 5) is 15.7. The number of carboxylic acid groups (broad SMARTS) is 1. The minimum absolute atomic E-state index is 0.208. The minimum atomic E-state index is -5.08. The van der Waals surface area contributed by atoms with Crippen molar-refractivity contribution in [2.45, 2.75) is 51.2 Å². The average molecular weight is 473 g/mol. The van der Waals surface area contributed by atoms with Crippen molar-refractivity contribution >= 4 is 11.8 Å². The molecule has 10 heteroatoms. The maximum atomic E-state index is 10.6. The number of carbonyl (C=O) groups is 1. The van der Waals surface area contributed by atoms with Crippen LogP contribution in [0.2, 0.25) is 0 Å². The quantitative estimate of drug-likeness (QED) is 0.657. The van der Waals surface area contributed by atoms with Gasteiger partial charge in [-0.05, 0) is 58.2 Å². The number of benzene rings is 1. The van der Waals surface area contributed by atoms with Crippen LogP contribution in [-0.4, -0.2) is 46.8 Å². The number of hydrogen-bond acceptors (Lipinski definition) is 6. The third-order valence-electron chi connectivity index (χ3n) is 5.73. The molecular formula is C24H26F3N5O2. The number of nitrogens with two attached hydrogens (primary N) is 1. The zero-order valence-corrected chi connectivity index (χ0v) is 19.0. The Balaban J connectivity index is 0.000000509. The van der Waals surface area contributed by atoms with Crippen molar-refractivity contribution in [3.05, 3.63) is 46.6 Å². The number of aliphatic carboxylic acids is 1. The van der Waals surface area contributed by atoms with Crippen molar-refractivity contribution in [1.29, 1.82) is 10.5 Å². The molecule has 7 nitrogen and oxygen atoms in total. The molecule has 1 aliphatic rings. The van der Waals surface area contributed by atoms with Gasteiger partial charge in [0.15, 0.2) is 0 Å². The molecule has 1 aliphatic heterocycles. The van der Waals surface area contributed by atoms with Crippen LogP contribution in [0.5, 0.6) is 0 Å². The summed E-state index contributed by atoms with van der Waals surface area (Å²) < 4.78 is 31.7. The number of pyridine rings is 1. The molecule has 0 aliphatic carbocycles. The topological polar surface area (TPSA) is 127 Å². The van der Waals surface area contributed by atoms with E-state index < -0.39 is 12.1 Å². The van der Waals surface area contributed by atoms with Crippen molar-refractivity contribution in [1.82, 2.24) is 9.88 Å². The number of hydrogen-bond donors (Lipinski definition) is 2. The third kappa shape index (κ3) is 6.69. The Hall–Kier alpha value is -3.63. The molecule has 1 aromatic carbocycles. The number of aromatic nitrogens is 1. The van der Waals surface area contributed by atoms with E-state index in [9.17, 15) is 23.7 Å². The summed E-state index contributed by atoms with van der Waals surface area (Å²) in [5.41, 5.74) is 10.1. The van der Waals surface area contributed by atoms with Crippen LogP contribution in [0, 0.1) is 29.6 Å². The Labute approximate surface area is 196 Å². The van der Waals surface area contributed by atoms with Crippen LogP contribution in [-0.2, 0) is 11.2 Å². The highest BCUT2D eigenvalue weighted by molar-refractivity contribution is 5.81. The standard InChI is InChI=1S/C22H25N5.C2HF3O2/c1-15-8-10-16(11-9-15)21-18(13-23)20(26-22(25)19(21)14-24)7-3-5-17-6-4-12-27(17)2;3-2(4,5)1(6)7/h8-11,17H,3-7,12H2,1-2H3,(H2,25,26);(H,6,7). The first-order valence-electron chi connectivity index (χ1n) is 10.7. The second-order valence-corrected chi connectivity index (χ2v) is 8.13. The number of rotatable bonds is 5. The average Bonchev–Trinajstić information content (AvgIpc) is 3.18. The molecule has 0 radical (unpaired) electrons. The van der Waals surface area contributed by atoms with Crippen molar-refractivity contribution in [2.75, 3.05) is 19.3 Å². The molecule has 1 aromatic heterocycles. The third-order valence-corrected chi connectivity index (χ3v) is 5.73. The van der Waals surface area contributed by atoms with E-state index in [0.717, 1.165) is 30.5 Å². The monoisotopic (exact) mass is 473 g/mol. The van der Waals surface area contributed by atoms with E-state index in [1.165, 1.54) is 12.8 Å². The van der Waals surface area contributed by atoms with Gasteiger partial charge in [0.25, 0.3) is 0 Å². The fourth-order valence-electron chi connectivity index (χ4n) is 3.93. The number of nitrogens with zero attached hydrogens (tertiary/aromatic N) is 4. The van der Waals surface area contributed by atoms with Gasteiger partial charge >= 0.3 is 12.1 Å². The molecule has 1 fully saturated rings. The lowest BCUT2D eigenvalue weighted by Gasteiger charge is -2.19. The maximum absolute atomic E-state index is 10.6. The molecule has 180 valence electrons. The van der Waals surface area contributed by atoms with Gasteiger partial charge in [-0.15, -0.1) is 0 Å². The smallest absolute Gasteiger partial charge is 0.475 e. The van der Waals surface area contributed by atoms with Gasteiger partial charge in [0.2, 0.25) is 0 Å². The van der Waals surface area contributed by atoms with Gasteiger partial charge in [-0.2, -0.15) is 23.7 Å². The number of carboxylic acids is 1. The molecule has 0 bridgehead atoms. The van der Waals surface area contributed by atoms with Gasteiger partial charge in [-0.25, -0.2) is 9.78 Å². The molecule has 0 saturated carbocycles. The predicted molar refractivity (Wildman–Crippen MR) is 121 cm³/mol. The lowest BCUT2D eigenvalue weighted by atomic mass is 9.92. The fourth-order valence-corrected chi connectivity index (χ4v) is 3.93. The van der Waals surface area contributed by atoms with Crippen LogP contribution < -0.4 is 5.73 Å². The van der Waals surface area contributed by atoms with Gasteiger partial charge in [0, 0.05) is 11.6 Å². The molecule has 3 rings (SSSR count). The van der Waals surface area contributed by atoms with E-state index in [1.807, 2.05) is 31.2 Å². The lowest BCUT2D eigenvalue weighted by Crippen LogP contribution is -2.24. The molecule has 34 heavy (non-hydrogen) atoms. The zero-order valence-electron chi connectivity index (χ0n) is 19.0. The Morgan fingerprint density at radius 3 is 2.29 bits per heavy atom. The first-order chi connectivity index (χ1) is 16.0. The van der Waals surface area contributed by atoms with Crippen LogP contribution in [0.4, 0.5) is 19.0 Å². The first-order valence-corrected chi connectivity index (χ1v) is 10.7. The van der Waals surface area contributed by atoms with Gasteiger partial charge in [-0.3, -0.25) is 0 Å². The van der Waals surface area contributed by atoms with Crippen molar-refractivity contribution in [2.24, 2.45) is 0 Å². The van der Waals surface area contributed by atoms with E-state index >= 15 is 0 Å². The van der Waals surface area contributed by atoms with Crippen molar-refractivity contribution < 1.29 is 23.1 Å². The zero-order chi connectivity index (χ0) is 25.5. The summed E-state index contributed by atoms with van der Waals surface area (Å²) in [5.74, 6) is -2.55. The Morgan fingerprint density at radius 2 is 1.82 bits per heavy atom. The van der Waals surface area contributed by atoms with Crippen molar-refractivity contribution in [3.8, 4) is 23.3 Å². The van der Waals surface area contributed by atoms with E-state index in [1.54, 1.807) is 0 Å². The summed E-state index contributed by atoms with van der Waals surface area (Å²) in [6.45, 7) is 3.17. The number of anilines is 1. The second-order valence-electron chi connectivity index (χ2n) is 8.13. The normalized spacial score (nSPS) is 15.7. The van der Waals surface area contributed by atoms with Crippen molar-refractivity contribution in [3.63, 3.8) is 0 Å². The Kier molecular flexibility index (Phi) is 8.99. The number of halogens is 3. The lowest BCUT2D eigenvalue weighted by molar-refractivity contribution is -0.192. The molecule has 2 heterocycles. The summed E-state index contributed by atoms with van der Waals surface area (Å²) in [7, 11) is 2.17. The highest BCUT2D eigenvalue weighted by Crippen LogP contribution is 2.33. The number of aryl methyl sites for hydroxylation is 2. The van der Waals surface area contributed by atoms with Gasteiger partial charge < -0.3 is 15.7 Å². The molecule has 1 unspecified atom stereocenters. The molecule has 2 aromatic rings. The van der Waals surface area contributed by atoms with Crippen LogP contribution in [0.3, 0.4) is 0 Å². The van der Waals surface area contributed by atoms with E-state index in [-0.39, 0.29) is 11.4 Å². The van der Waals surface area contributed by atoms with Gasteiger partial charge in [0.05, 0.1) is 11.3 Å². The SMILES string of the molecule is Cc1ccc(-c2c(C#N)c(N)nc(CCCC3CCCN3C)c2C#N)cc1.O=C(O)C(F)(F)F. The Bertz CT molecular complexity index is 1100. The van der Waals surface area contributed by atoms with E-state index in [4.69, 9.17) is 15.6 Å². The number of nitriles is 2. The van der Waals surface area contributed by atoms with Crippen LogP contribution in [0.25, 0.3) is 11.1 Å². The fraction of sp³-hybridized carbons (Fsp3) is 0.417. The number of nitrogen functional groups attached to an aromatic ring is 1. The summed E-state index contributed by atoms with van der Waals surface area (Å²) in [6.07, 6.45) is 0.142. The van der Waals surface area contributed by atoms with Crippen LogP contribution >= 0.6 is 0 Å². The Morgan fingerprint density at radius 1 is 1.24 bits per heavy atom. The minimum Gasteiger partial charge on any atom is -0.475 e. The molecule has 0 spiro atoms. The highest BCUT2D eigenvalue weighted by Gasteiger charge is 2.38. The molecule has 3 N–H and O–H groups in total. The molecular weight excluding hydrogens is 447 g/mol. The largest absolute Gasteiger partial charge is 0.490 e. The maximum Gasteiger partial charge on any atom is 0.490 e. The highest BCUT2D eigenvalue weighted by atomic mass is 19.4. The van der Waals surface area contributed by atoms with Crippen LogP contribution in [0.1, 0.15) is 48.1 Å². The summed E-state index contributed by atoms with van der Waals surface area (Å²) in [6, 6.07) is 12.9. The molecule has 1 atom stereocenters. The number of alkyl halides is 3. The first kappa shape index (κ1) is 26.6. The summed E-state index contributed by atoms with van der Waals surface area (Å²) >= 11 is 0. The number of likely N-dealkylation sites (tertiary alicyclic amines) is 1. The molecule has 0 amide bonds. The van der Waals surface area contributed by atoms with Gasteiger partial charge in [0.1, 0.15) is 23.5 Å². The second kappa shape index (κ2) is 11.5. The predicted octanol–water partition coefficient (Wildman–Crippen LogP) is 4.43. The van der Waals surface area contributed by atoms with Crippen LogP contribution in [0.15, 0.2) is 24.3 Å².